The fraction of sp³-hybridized carbons (Fsp3) is 0.371. The van der Waals surface area contributed by atoms with E-state index < -0.39 is 17.3 Å². The molecule has 2 heterocycles. The molecule has 46 heavy (non-hydrogen) atoms. The summed E-state index contributed by atoms with van der Waals surface area (Å²) < 4.78 is 53.9. The first-order valence-electron chi connectivity index (χ1n) is 15.5. The number of likely N-dealkylation sites (tertiary alicyclic amines) is 1. The third-order valence-corrected chi connectivity index (χ3v) is 8.49. The minimum atomic E-state index is -4.39. The summed E-state index contributed by atoms with van der Waals surface area (Å²) in [5.41, 5.74) is 2.37. The maximum atomic E-state index is 14.1. The number of hydrogen-bond donors (Lipinski definition) is 0. The minimum Gasteiger partial charge on any atom is -0.334 e. The average molecular weight is 636 g/mol. The second kappa shape index (κ2) is 14.4. The first-order chi connectivity index (χ1) is 22.0. The number of amides is 1. The molecular weight excluding hydrogens is 598 g/mol. The van der Waals surface area contributed by atoms with E-state index in [0.29, 0.717) is 37.2 Å². The third-order valence-electron chi connectivity index (χ3n) is 8.49. The van der Waals surface area contributed by atoms with Crippen LogP contribution >= 0.6 is 0 Å². The van der Waals surface area contributed by atoms with Gasteiger partial charge in [0.25, 0.3) is 5.56 Å². The third kappa shape index (κ3) is 8.25. The molecule has 5 rings (SSSR count). The number of benzene rings is 3. The van der Waals surface area contributed by atoms with Gasteiger partial charge in [0.1, 0.15) is 23.9 Å². The van der Waals surface area contributed by atoms with Crippen molar-refractivity contribution >= 4 is 5.91 Å². The zero-order valence-electron chi connectivity index (χ0n) is 25.9. The number of aryl methyl sites for hydroxylation is 3. The second-order valence-electron chi connectivity index (χ2n) is 11.7. The van der Waals surface area contributed by atoms with Crippen molar-refractivity contribution in [3.8, 4) is 11.1 Å². The van der Waals surface area contributed by atoms with E-state index in [9.17, 15) is 27.2 Å². The van der Waals surface area contributed by atoms with E-state index in [2.05, 4.69) is 22.0 Å². The fourth-order valence-electron chi connectivity index (χ4n) is 5.72. The molecule has 242 valence electrons. The predicted molar refractivity (Wildman–Crippen MR) is 167 cm³/mol. The molecule has 4 aromatic rings. The Bertz CT molecular complexity index is 1680. The summed E-state index contributed by atoms with van der Waals surface area (Å²) in [4.78, 5) is 35.1. The van der Waals surface area contributed by atoms with Crippen molar-refractivity contribution in [2.45, 2.75) is 64.3 Å². The number of nitrogens with zero attached hydrogens (tertiary/aromatic N) is 5. The number of carbonyl (C=O) groups excluding carboxylic acids is 1. The summed E-state index contributed by atoms with van der Waals surface area (Å²) in [6, 6.07) is 18.7. The Labute approximate surface area is 265 Å². The van der Waals surface area contributed by atoms with Crippen molar-refractivity contribution in [1.82, 2.24) is 24.6 Å². The van der Waals surface area contributed by atoms with Crippen molar-refractivity contribution in [2.75, 3.05) is 20.1 Å². The van der Waals surface area contributed by atoms with Crippen molar-refractivity contribution in [1.29, 1.82) is 0 Å². The van der Waals surface area contributed by atoms with Crippen molar-refractivity contribution in [2.24, 2.45) is 0 Å². The Kier molecular flexibility index (Phi) is 10.3. The smallest absolute Gasteiger partial charge is 0.334 e. The van der Waals surface area contributed by atoms with E-state index >= 15 is 0 Å². The summed E-state index contributed by atoms with van der Waals surface area (Å²) in [6.07, 6.45) is -1.56. The second-order valence-corrected chi connectivity index (χ2v) is 11.7. The van der Waals surface area contributed by atoms with E-state index in [1.807, 2.05) is 36.1 Å². The zero-order valence-corrected chi connectivity index (χ0v) is 25.9. The SMILES string of the molecule is CCc1nn(CC(=O)N(Cc2ccc(-c3ccc(C(F)(F)F)cc3)cc2)C2CCN(C)CC2)c(CCc2ccc(F)cc2)nc1=O. The molecule has 0 N–H and O–H groups in total. The van der Waals surface area contributed by atoms with Crippen LogP contribution in [0.25, 0.3) is 11.1 Å². The summed E-state index contributed by atoms with van der Waals surface area (Å²) in [5, 5.41) is 4.53. The fourth-order valence-corrected chi connectivity index (χ4v) is 5.72. The van der Waals surface area contributed by atoms with Gasteiger partial charge in [0.05, 0.1) is 5.56 Å². The first kappa shape index (κ1) is 33.0. The summed E-state index contributed by atoms with van der Waals surface area (Å²) in [5.74, 6) is -0.0879. The molecule has 0 unspecified atom stereocenters. The largest absolute Gasteiger partial charge is 0.416 e. The van der Waals surface area contributed by atoms with Crippen molar-refractivity contribution in [3.63, 3.8) is 0 Å². The predicted octanol–water partition coefficient (Wildman–Crippen LogP) is 5.93. The highest BCUT2D eigenvalue weighted by molar-refractivity contribution is 5.76. The zero-order chi connectivity index (χ0) is 32.8. The topological polar surface area (TPSA) is 71.3 Å². The molecule has 3 aromatic carbocycles. The normalized spacial score (nSPS) is 14.4. The molecule has 1 fully saturated rings. The van der Waals surface area contributed by atoms with E-state index in [0.717, 1.165) is 54.8 Å². The van der Waals surface area contributed by atoms with Crippen molar-refractivity contribution < 1.29 is 22.4 Å². The van der Waals surface area contributed by atoms with E-state index in [-0.39, 0.29) is 30.0 Å². The van der Waals surface area contributed by atoms with Gasteiger partial charge in [0.2, 0.25) is 5.91 Å². The highest BCUT2D eigenvalue weighted by Gasteiger charge is 2.30. The van der Waals surface area contributed by atoms with Crippen LogP contribution in [0.3, 0.4) is 0 Å². The number of carbonyl (C=O) groups is 1. The highest BCUT2D eigenvalue weighted by atomic mass is 19.4. The highest BCUT2D eigenvalue weighted by Crippen LogP contribution is 2.31. The standard InChI is InChI=1S/C35H37F4N5O2/c1-3-31-34(46)40-32(17-8-24-6-15-29(36)16-7-24)44(41-31)23-33(45)43(30-18-20-42(2)21-19-30)22-25-4-9-26(10-5-25)27-11-13-28(14-12-27)35(37,38)39/h4-7,9-16,30H,3,8,17-23H2,1-2H3. The molecule has 1 aromatic heterocycles. The Morgan fingerprint density at radius 3 is 2.07 bits per heavy atom. The number of aromatic nitrogens is 3. The molecule has 0 saturated carbocycles. The molecule has 1 amide bonds. The van der Waals surface area contributed by atoms with Gasteiger partial charge in [-0.25, -0.2) is 9.07 Å². The van der Waals surface area contributed by atoms with Gasteiger partial charge in [-0.05, 0) is 92.3 Å². The molecule has 0 atom stereocenters. The quantitative estimate of drug-likeness (QED) is 0.202. The first-order valence-corrected chi connectivity index (χ1v) is 15.5. The van der Waals surface area contributed by atoms with Gasteiger partial charge >= 0.3 is 6.18 Å². The molecule has 11 heteroatoms. The molecule has 1 saturated heterocycles. The Balaban J connectivity index is 1.37. The average Bonchev–Trinajstić information content (AvgIpc) is 3.04. The minimum absolute atomic E-state index is 0.000981. The lowest BCUT2D eigenvalue weighted by Crippen LogP contribution is -2.47. The lowest BCUT2D eigenvalue weighted by Gasteiger charge is -2.37. The van der Waals surface area contributed by atoms with Gasteiger partial charge in [-0.15, -0.1) is 0 Å². The van der Waals surface area contributed by atoms with E-state index in [4.69, 9.17) is 0 Å². The van der Waals surface area contributed by atoms with Gasteiger partial charge in [-0.2, -0.15) is 23.3 Å². The van der Waals surface area contributed by atoms with Gasteiger partial charge in [0, 0.05) is 19.0 Å². The molecule has 1 aliphatic heterocycles. The van der Waals surface area contributed by atoms with Crippen LogP contribution in [-0.4, -0.2) is 56.7 Å². The monoisotopic (exact) mass is 635 g/mol. The summed E-state index contributed by atoms with van der Waals surface area (Å²) in [7, 11) is 2.05. The van der Waals surface area contributed by atoms with Crippen LogP contribution in [0.2, 0.25) is 0 Å². The Morgan fingerprint density at radius 1 is 0.891 bits per heavy atom. The molecule has 0 spiro atoms. The summed E-state index contributed by atoms with van der Waals surface area (Å²) in [6.45, 7) is 3.77. The molecule has 0 radical (unpaired) electrons. The molecule has 0 bridgehead atoms. The number of hydrogen-bond acceptors (Lipinski definition) is 5. The van der Waals surface area contributed by atoms with Gasteiger partial charge in [-0.1, -0.05) is 55.5 Å². The van der Waals surface area contributed by atoms with E-state index in [1.165, 1.54) is 28.9 Å². The van der Waals surface area contributed by atoms with Crippen LogP contribution in [-0.2, 0) is 43.3 Å². The Hall–Kier alpha value is -4.38. The molecule has 0 aliphatic carbocycles. The summed E-state index contributed by atoms with van der Waals surface area (Å²) >= 11 is 0. The van der Waals surface area contributed by atoms with Gasteiger partial charge in [0.15, 0.2) is 0 Å². The number of piperidine rings is 1. The lowest BCUT2D eigenvalue weighted by atomic mass is 10.0. The Morgan fingerprint density at radius 2 is 1.48 bits per heavy atom. The van der Waals surface area contributed by atoms with Gasteiger partial charge in [-0.3, -0.25) is 9.59 Å². The number of halogens is 4. The van der Waals surface area contributed by atoms with Crippen LogP contribution in [0.5, 0.6) is 0 Å². The van der Waals surface area contributed by atoms with Crippen molar-refractivity contribution in [3.05, 3.63) is 117 Å². The van der Waals surface area contributed by atoms with Crippen LogP contribution < -0.4 is 5.56 Å². The molecular formula is C35H37F4N5O2. The van der Waals surface area contributed by atoms with Gasteiger partial charge < -0.3 is 9.80 Å². The van der Waals surface area contributed by atoms with Crippen LogP contribution in [0, 0.1) is 5.82 Å². The van der Waals surface area contributed by atoms with Crippen LogP contribution in [0.15, 0.2) is 77.6 Å². The maximum absolute atomic E-state index is 14.1. The van der Waals surface area contributed by atoms with Crippen LogP contribution in [0.1, 0.15) is 48.0 Å². The van der Waals surface area contributed by atoms with E-state index in [1.54, 1.807) is 12.1 Å². The molecule has 7 nitrogen and oxygen atoms in total. The van der Waals surface area contributed by atoms with Crippen LogP contribution in [0.4, 0.5) is 17.6 Å². The number of alkyl halides is 3. The molecule has 1 aliphatic rings. The maximum Gasteiger partial charge on any atom is 0.416 e. The lowest BCUT2D eigenvalue weighted by molar-refractivity contribution is -0.138. The number of rotatable bonds is 10.